The number of allylic oxidation sites excluding steroid dienone is 2. The minimum atomic E-state index is 0.996. The molecule has 0 saturated heterocycles. The van der Waals surface area contributed by atoms with Crippen LogP contribution in [0.15, 0.2) is 35.9 Å². The van der Waals surface area contributed by atoms with Gasteiger partial charge in [-0.15, -0.1) is 0 Å². The van der Waals surface area contributed by atoms with Crippen molar-refractivity contribution in [1.29, 1.82) is 0 Å². The normalized spacial score (nSPS) is 27.8. The molecule has 0 spiro atoms. The Labute approximate surface area is 149 Å². The van der Waals surface area contributed by atoms with Crippen LogP contribution in [0.1, 0.15) is 82.8 Å². The second-order valence-corrected chi connectivity index (χ2v) is 8.26. The molecule has 1 aromatic carbocycles. The van der Waals surface area contributed by atoms with Gasteiger partial charge in [0.25, 0.3) is 0 Å². The number of hydrogen-bond acceptors (Lipinski definition) is 0. The van der Waals surface area contributed by atoms with Crippen molar-refractivity contribution in [1.82, 2.24) is 0 Å². The average Bonchev–Trinajstić information content (AvgIpc) is 2.67. The molecule has 0 radical (unpaired) electrons. The van der Waals surface area contributed by atoms with Crippen molar-refractivity contribution < 1.29 is 0 Å². The van der Waals surface area contributed by atoms with Crippen molar-refractivity contribution in [2.45, 2.75) is 84.5 Å². The second kappa shape index (κ2) is 8.88. The van der Waals surface area contributed by atoms with Gasteiger partial charge < -0.3 is 0 Å². The van der Waals surface area contributed by atoms with Gasteiger partial charge in [0.05, 0.1) is 0 Å². The van der Waals surface area contributed by atoms with Crippen LogP contribution in [-0.4, -0.2) is 0 Å². The maximum atomic E-state index is 2.61. The van der Waals surface area contributed by atoms with Gasteiger partial charge in [-0.2, -0.15) is 0 Å². The summed E-state index contributed by atoms with van der Waals surface area (Å²) in [6.45, 7) is 4.60. The Bertz CT molecular complexity index is 513. The Kier molecular flexibility index (Phi) is 6.58. The molecule has 1 aromatic rings. The first-order valence-corrected chi connectivity index (χ1v) is 10.5. The highest BCUT2D eigenvalue weighted by Gasteiger charge is 2.27. The van der Waals surface area contributed by atoms with Crippen molar-refractivity contribution in [3.8, 4) is 0 Å². The minimum Gasteiger partial charge on any atom is -0.0850 e. The third-order valence-corrected chi connectivity index (χ3v) is 6.85. The molecule has 0 heteroatoms. The summed E-state index contributed by atoms with van der Waals surface area (Å²) in [7, 11) is 0. The summed E-state index contributed by atoms with van der Waals surface area (Å²) in [5, 5.41) is 0. The molecule has 1 fully saturated rings. The van der Waals surface area contributed by atoms with Crippen LogP contribution >= 0.6 is 0 Å². The van der Waals surface area contributed by atoms with E-state index < -0.39 is 0 Å². The number of rotatable bonds is 6. The summed E-state index contributed by atoms with van der Waals surface area (Å²) in [6, 6.07) is 9.26. The van der Waals surface area contributed by atoms with E-state index in [0.29, 0.717) is 0 Å². The Morgan fingerprint density at radius 2 is 1.50 bits per heavy atom. The van der Waals surface area contributed by atoms with Crippen LogP contribution in [0, 0.1) is 17.8 Å². The Morgan fingerprint density at radius 1 is 0.792 bits per heavy atom. The Balaban J connectivity index is 1.43. The van der Waals surface area contributed by atoms with Crippen LogP contribution in [-0.2, 0) is 12.8 Å². The molecule has 0 bridgehead atoms. The van der Waals surface area contributed by atoms with Crippen molar-refractivity contribution in [3.05, 3.63) is 47.0 Å². The summed E-state index contributed by atoms with van der Waals surface area (Å²) in [6.07, 6.45) is 17.9. The standard InChI is InChI=1S/C24H36/c1-3-19-5-7-21(8-6-19)9-10-22-13-17-24(18-14-22)23-15-11-20(4-2)12-16-23/h5-8,13,20,23-24H,3-4,9-12,14-18H2,1-2H3. The summed E-state index contributed by atoms with van der Waals surface area (Å²) < 4.78 is 0. The van der Waals surface area contributed by atoms with Gasteiger partial charge in [0.15, 0.2) is 0 Å². The first-order chi connectivity index (χ1) is 11.8. The molecular weight excluding hydrogens is 288 g/mol. The van der Waals surface area contributed by atoms with Crippen LogP contribution in [0.25, 0.3) is 0 Å². The zero-order valence-electron chi connectivity index (χ0n) is 15.9. The van der Waals surface area contributed by atoms with E-state index in [4.69, 9.17) is 0 Å². The average molecular weight is 325 g/mol. The van der Waals surface area contributed by atoms with E-state index in [0.717, 1.165) is 24.2 Å². The molecule has 0 heterocycles. The lowest BCUT2D eigenvalue weighted by Gasteiger charge is -2.35. The monoisotopic (exact) mass is 324 g/mol. The Morgan fingerprint density at radius 3 is 2.08 bits per heavy atom. The van der Waals surface area contributed by atoms with Crippen LogP contribution in [0.4, 0.5) is 0 Å². The highest BCUT2D eigenvalue weighted by atomic mass is 14.3. The quantitative estimate of drug-likeness (QED) is 0.488. The lowest BCUT2D eigenvalue weighted by atomic mass is 9.71. The molecule has 3 rings (SSSR count). The van der Waals surface area contributed by atoms with Crippen LogP contribution in [0.5, 0.6) is 0 Å². The lowest BCUT2D eigenvalue weighted by molar-refractivity contribution is 0.189. The zero-order chi connectivity index (χ0) is 16.8. The van der Waals surface area contributed by atoms with Gasteiger partial charge in [-0.05, 0) is 80.2 Å². The summed E-state index contributed by atoms with van der Waals surface area (Å²) >= 11 is 0. The van der Waals surface area contributed by atoms with Crippen LogP contribution in [0.3, 0.4) is 0 Å². The smallest absolute Gasteiger partial charge is 0.0241 e. The molecule has 1 saturated carbocycles. The molecule has 2 aliphatic carbocycles. The van der Waals surface area contributed by atoms with Crippen molar-refractivity contribution in [2.75, 3.05) is 0 Å². The van der Waals surface area contributed by atoms with Gasteiger partial charge in [0.1, 0.15) is 0 Å². The summed E-state index contributed by atoms with van der Waals surface area (Å²) in [5.41, 5.74) is 4.69. The van der Waals surface area contributed by atoms with E-state index in [2.05, 4.69) is 44.2 Å². The second-order valence-electron chi connectivity index (χ2n) is 8.26. The first kappa shape index (κ1) is 17.8. The van der Waals surface area contributed by atoms with Crippen molar-refractivity contribution >= 4 is 0 Å². The van der Waals surface area contributed by atoms with E-state index in [1.807, 2.05) is 0 Å². The van der Waals surface area contributed by atoms with Gasteiger partial charge in [-0.3, -0.25) is 0 Å². The maximum Gasteiger partial charge on any atom is -0.0241 e. The highest BCUT2D eigenvalue weighted by molar-refractivity contribution is 5.23. The van der Waals surface area contributed by atoms with E-state index >= 15 is 0 Å². The molecule has 132 valence electrons. The number of aryl methyl sites for hydroxylation is 2. The fourth-order valence-electron chi connectivity index (χ4n) is 4.88. The molecule has 0 aromatic heterocycles. The van der Waals surface area contributed by atoms with Crippen LogP contribution < -0.4 is 0 Å². The molecule has 1 unspecified atom stereocenters. The van der Waals surface area contributed by atoms with E-state index in [-0.39, 0.29) is 0 Å². The minimum absolute atomic E-state index is 0.996. The fraction of sp³-hybridized carbons (Fsp3) is 0.667. The third kappa shape index (κ3) is 4.74. The maximum absolute atomic E-state index is 2.61. The van der Waals surface area contributed by atoms with E-state index in [9.17, 15) is 0 Å². The molecule has 0 N–H and O–H groups in total. The van der Waals surface area contributed by atoms with Gasteiger partial charge in [-0.1, -0.05) is 69.0 Å². The van der Waals surface area contributed by atoms with Gasteiger partial charge in [0, 0.05) is 0 Å². The summed E-state index contributed by atoms with van der Waals surface area (Å²) in [5.74, 6) is 3.07. The molecule has 0 amide bonds. The topological polar surface area (TPSA) is 0 Å². The number of hydrogen-bond donors (Lipinski definition) is 0. The van der Waals surface area contributed by atoms with Crippen molar-refractivity contribution in [3.63, 3.8) is 0 Å². The lowest BCUT2D eigenvalue weighted by Crippen LogP contribution is -2.23. The Hall–Kier alpha value is -1.04. The van der Waals surface area contributed by atoms with E-state index in [1.165, 1.54) is 75.3 Å². The first-order valence-electron chi connectivity index (χ1n) is 10.5. The van der Waals surface area contributed by atoms with Gasteiger partial charge in [0.2, 0.25) is 0 Å². The highest BCUT2D eigenvalue weighted by Crippen LogP contribution is 2.40. The third-order valence-electron chi connectivity index (χ3n) is 6.85. The van der Waals surface area contributed by atoms with Crippen molar-refractivity contribution in [2.24, 2.45) is 17.8 Å². The predicted octanol–water partition coefficient (Wildman–Crippen LogP) is 7.12. The molecule has 1 atom stereocenters. The fourth-order valence-corrected chi connectivity index (χ4v) is 4.88. The predicted molar refractivity (Wildman–Crippen MR) is 105 cm³/mol. The van der Waals surface area contributed by atoms with Crippen LogP contribution in [0.2, 0.25) is 0 Å². The number of benzene rings is 1. The zero-order valence-corrected chi connectivity index (χ0v) is 15.9. The molecule has 0 nitrogen and oxygen atoms in total. The largest absolute Gasteiger partial charge is 0.0850 e. The molecule has 2 aliphatic rings. The molecular formula is C24H36. The SMILES string of the molecule is CCc1ccc(CCC2=CCC(C3CCC(CC)CC3)CC2)cc1. The molecule has 0 aliphatic heterocycles. The summed E-state index contributed by atoms with van der Waals surface area (Å²) in [4.78, 5) is 0. The molecule has 24 heavy (non-hydrogen) atoms. The van der Waals surface area contributed by atoms with Gasteiger partial charge in [-0.25, -0.2) is 0 Å². The van der Waals surface area contributed by atoms with Gasteiger partial charge >= 0.3 is 0 Å². The van der Waals surface area contributed by atoms with E-state index in [1.54, 1.807) is 5.57 Å².